The molecule has 0 radical (unpaired) electrons. The van der Waals surface area contributed by atoms with Crippen molar-refractivity contribution in [2.75, 3.05) is 18.1 Å². The molecule has 2 rings (SSSR count). The normalized spacial score (nSPS) is 10.6. The highest BCUT2D eigenvalue weighted by atomic mass is 32.1. The van der Waals surface area contributed by atoms with Gasteiger partial charge in [0.25, 0.3) is 5.69 Å². The van der Waals surface area contributed by atoms with Crippen molar-refractivity contribution in [3.8, 4) is 0 Å². The van der Waals surface area contributed by atoms with Gasteiger partial charge in [-0.1, -0.05) is 0 Å². The molecule has 0 aliphatic heterocycles. The first-order valence-corrected chi connectivity index (χ1v) is 6.20. The van der Waals surface area contributed by atoms with Gasteiger partial charge < -0.3 is 16.2 Å². The Bertz CT molecular complexity index is 680. The standard InChI is InChI=1S/C11H11N3O4S/c1-2-18-11(15)10-9(13)8-6(12)3-5(14(16)17)4-7(8)19-10/h3-4H,2,12-13H2,1H3. The van der Waals surface area contributed by atoms with Crippen molar-refractivity contribution in [3.05, 3.63) is 27.1 Å². The summed E-state index contributed by atoms with van der Waals surface area (Å²) >= 11 is 1.03. The van der Waals surface area contributed by atoms with Crippen molar-refractivity contribution in [2.45, 2.75) is 6.92 Å². The van der Waals surface area contributed by atoms with Crippen LogP contribution >= 0.6 is 11.3 Å². The summed E-state index contributed by atoms with van der Waals surface area (Å²) in [6.45, 7) is 1.91. The number of nitrogen functional groups attached to an aromatic ring is 2. The molecule has 7 nitrogen and oxygen atoms in total. The number of ether oxygens (including phenoxy) is 1. The van der Waals surface area contributed by atoms with Crippen LogP contribution in [-0.2, 0) is 4.74 Å². The highest BCUT2D eigenvalue weighted by Gasteiger charge is 2.21. The SMILES string of the molecule is CCOC(=O)c1sc2cc([N+](=O)[O-])cc(N)c2c1N. The number of thiophene rings is 1. The zero-order valence-corrected chi connectivity index (χ0v) is 10.8. The molecule has 0 saturated carbocycles. The van der Waals surface area contributed by atoms with Crippen molar-refractivity contribution in [1.82, 2.24) is 0 Å². The van der Waals surface area contributed by atoms with Crippen molar-refractivity contribution >= 4 is 44.5 Å². The van der Waals surface area contributed by atoms with E-state index < -0.39 is 10.9 Å². The number of benzene rings is 1. The van der Waals surface area contributed by atoms with E-state index in [2.05, 4.69) is 0 Å². The number of rotatable bonds is 3. The molecule has 0 amide bonds. The van der Waals surface area contributed by atoms with Gasteiger partial charge in [-0.3, -0.25) is 10.1 Å². The van der Waals surface area contributed by atoms with Crippen molar-refractivity contribution < 1.29 is 14.5 Å². The zero-order chi connectivity index (χ0) is 14.2. The summed E-state index contributed by atoms with van der Waals surface area (Å²) in [7, 11) is 0. The summed E-state index contributed by atoms with van der Waals surface area (Å²) in [6, 6.07) is 2.57. The zero-order valence-electron chi connectivity index (χ0n) is 10.0. The molecule has 0 aliphatic carbocycles. The lowest BCUT2D eigenvalue weighted by Crippen LogP contribution is -2.05. The second-order valence-electron chi connectivity index (χ2n) is 3.73. The largest absolute Gasteiger partial charge is 0.462 e. The number of nitrogens with zero attached hydrogens (tertiary/aromatic N) is 1. The molecule has 2 aromatic rings. The Morgan fingerprint density at radius 2 is 2.16 bits per heavy atom. The van der Waals surface area contributed by atoms with E-state index in [9.17, 15) is 14.9 Å². The Labute approximate surface area is 111 Å². The van der Waals surface area contributed by atoms with Gasteiger partial charge in [0.15, 0.2) is 0 Å². The van der Waals surface area contributed by atoms with Crippen LogP contribution in [0.15, 0.2) is 12.1 Å². The first-order valence-electron chi connectivity index (χ1n) is 5.38. The van der Waals surface area contributed by atoms with Crippen molar-refractivity contribution in [2.24, 2.45) is 0 Å². The molecule has 19 heavy (non-hydrogen) atoms. The lowest BCUT2D eigenvalue weighted by Gasteiger charge is -2.00. The first kappa shape index (κ1) is 13.1. The van der Waals surface area contributed by atoms with Gasteiger partial charge >= 0.3 is 5.97 Å². The molecule has 100 valence electrons. The molecule has 1 heterocycles. The number of nitro groups is 1. The van der Waals surface area contributed by atoms with E-state index in [0.29, 0.717) is 10.1 Å². The fourth-order valence-corrected chi connectivity index (χ4v) is 2.81. The molecule has 0 aliphatic rings. The van der Waals surface area contributed by atoms with Crippen LogP contribution in [0.1, 0.15) is 16.6 Å². The number of fused-ring (bicyclic) bond motifs is 1. The third kappa shape index (κ3) is 2.17. The number of esters is 1. The summed E-state index contributed by atoms with van der Waals surface area (Å²) in [5.41, 5.74) is 11.8. The Morgan fingerprint density at radius 3 is 2.74 bits per heavy atom. The van der Waals surface area contributed by atoms with Crippen LogP contribution in [0.3, 0.4) is 0 Å². The van der Waals surface area contributed by atoms with E-state index in [4.69, 9.17) is 16.2 Å². The molecule has 0 unspecified atom stereocenters. The topological polar surface area (TPSA) is 121 Å². The second kappa shape index (κ2) is 4.73. The maximum Gasteiger partial charge on any atom is 0.350 e. The molecule has 1 aromatic carbocycles. The van der Waals surface area contributed by atoms with E-state index in [0.717, 1.165) is 11.3 Å². The predicted molar refractivity (Wildman–Crippen MR) is 73.3 cm³/mol. The molecule has 0 fully saturated rings. The smallest absolute Gasteiger partial charge is 0.350 e. The first-order chi connectivity index (χ1) is 8.95. The van der Waals surface area contributed by atoms with Crippen LogP contribution in [0.25, 0.3) is 10.1 Å². The van der Waals surface area contributed by atoms with Crippen LogP contribution in [-0.4, -0.2) is 17.5 Å². The highest BCUT2D eigenvalue weighted by Crippen LogP contribution is 2.40. The van der Waals surface area contributed by atoms with E-state index in [1.54, 1.807) is 6.92 Å². The number of carbonyl (C=O) groups is 1. The summed E-state index contributed by atoms with van der Waals surface area (Å²) < 4.78 is 5.37. The lowest BCUT2D eigenvalue weighted by atomic mass is 10.1. The van der Waals surface area contributed by atoms with Gasteiger partial charge in [0.1, 0.15) is 4.88 Å². The Morgan fingerprint density at radius 1 is 1.47 bits per heavy atom. The molecule has 0 spiro atoms. The van der Waals surface area contributed by atoms with Gasteiger partial charge in [-0.25, -0.2) is 4.79 Å². The van der Waals surface area contributed by atoms with Crippen LogP contribution in [0.4, 0.5) is 17.1 Å². The van der Waals surface area contributed by atoms with Gasteiger partial charge in [-0.15, -0.1) is 11.3 Å². The number of carbonyl (C=O) groups excluding carboxylic acids is 1. The average Bonchev–Trinajstić information content (AvgIpc) is 2.67. The summed E-state index contributed by atoms with van der Waals surface area (Å²) in [5.74, 6) is -0.553. The highest BCUT2D eigenvalue weighted by molar-refractivity contribution is 7.21. The monoisotopic (exact) mass is 281 g/mol. The van der Waals surface area contributed by atoms with Crippen LogP contribution in [0.2, 0.25) is 0 Å². The van der Waals surface area contributed by atoms with E-state index in [1.165, 1.54) is 12.1 Å². The van der Waals surface area contributed by atoms with Crippen LogP contribution in [0, 0.1) is 10.1 Å². The van der Waals surface area contributed by atoms with E-state index in [1.807, 2.05) is 0 Å². The average molecular weight is 281 g/mol. The number of nitro benzene ring substituents is 1. The Kier molecular flexibility index (Phi) is 3.26. The minimum atomic E-state index is -0.553. The quantitative estimate of drug-likeness (QED) is 0.384. The summed E-state index contributed by atoms with van der Waals surface area (Å²) in [5, 5.41) is 11.2. The minimum Gasteiger partial charge on any atom is -0.462 e. The summed E-state index contributed by atoms with van der Waals surface area (Å²) in [4.78, 5) is 22.1. The van der Waals surface area contributed by atoms with Gasteiger partial charge in [-0.2, -0.15) is 0 Å². The Hall–Kier alpha value is -2.35. The van der Waals surface area contributed by atoms with Crippen molar-refractivity contribution in [3.63, 3.8) is 0 Å². The molecule has 4 N–H and O–H groups in total. The molecule has 8 heteroatoms. The number of hydrogen-bond acceptors (Lipinski definition) is 7. The number of nitrogens with two attached hydrogens (primary N) is 2. The minimum absolute atomic E-state index is 0.137. The van der Waals surface area contributed by atoms with Crippen LogP contribution < -0.4 is 11.5 Å². The Balaban J connectivity index is 2.66. The van der Waals surface area contributed by atoms with Crippen molar-refractivity contribution in [1.29, 1.82) is 0 Å². The number of anilines is 2. The maximum absolute atomic E-state index is 11.7. The molecular weight excluding hydrogens is 270 g/mol. The third-order valence-corrected chi connectivity index (χ3v) is 3.65. The van der Waals surface area contributed by atoms with Crippen LogP contribution in [0.5, 0.6) is 0 Å². The second-order valence-corrected chi connectivity index (χ2v) is 4.78. The van der Waals surface area contributed by atoms with Gasteiger partial charge in [-0.05, 0) is 6.92 Å². The van der Waals surface area contributed by atoms with Gasteiger partial charge in [0, 0.05) is 27.9 Å². The maximum atomic E-state index is 11.7. The number of hydrogen-bond donors (Lipinski definition) is 2. The molecular formula is C11H11N3O4S. The fourth-order valence-electron chi connectivity index (χ4n) is 1.72. The third-order valence-electron chi connectivity index (χ3n) is 2.52. The molecule has 1 aromatic heterocycles. The summed E-state index contributed by atoms with van der Waals surface area (Å²) in [6.07, 6.45) is 0. The molecule has 0 saturated heterocycles. The molecule has 0 bridgehead atoms. The van der Waals surface area contributed by atoms with E-state index >= 15 is 0 Å². The predicted octanol–water partition coefficient (Wildman–Crippen LogP) is 2.15. The molecule has 0 atom stereocenters. The van der Waals surface area contributed by atoms with Gasteiger partial charge in [0.2, 0.25) is 0 Å². The lowest BCUT2D eigenvalue weighted by molar-refractivity contribution is -0.384. The fraction of sp³-hybridized carbons (Fsp3) is 0.182. The van der Waals surface area contributed by atoms with Gasteiger partial charge in [0.05, 0.1) is 17.2 Å². The number of non-ortho nitro benzene ring substituents is 1. The van der Waals surface area contributed by atoms with E-state index in [-0.39, 0.29) is 28.5 Å².